The second kappa shape index (κ2) is 5.18. The number of nitrogens with zero attached hydrogens (tertiary/aromatic N) is 1. The molecule has 18 heavy (non-hydrogen) atoms. The maximum atomic E-state index is 11.9. The number of thiazole rings is 1. The Kier molecular flexibility index (Phi) is 3.62. The first-order valence-electron chi connectivity index (χ1n) is 5.62. The molecule has 3 N–H and O–H groups in total. The summed E-state index contributed by atoms with van der Waals surface area (Å²) in [5.74, 6) is -0.166. The van der Waals surface area contributed by atoms with Gasteiger partial charge in [0.05, 0.1) is 12.1 Å². The Labute approximate surface area is 110 Å². The lowest BCUT2D eigenvalue weighted by molar-refractivity contribution is 0.0952. The number of nitrogens with two attached hydrogens (primary N) is 1. The molecule has 4 nitrogen and oxygen atoms in total. The van der Waals surface area contributed by atoms with Gasteiger partial charge in [0, 0.05) is 16.8 Å². The van der Waals surface area contributed by atoms with Crippen LogP contribution in [0.4, 0.5) is 5.69 Å². The highest BCUT2D eigenvalue weighted by atomic mass is 32.1. The van der Waals surface area contributed by atoms with E-state index in [0.29, 0.717) is 17.8 Å². The zero-order chi connectivity index (χ0) is 13.1. The van der Waals surface area contributed by atoms with Gasteiger partial charge in [-0.1, -0.05) is 6.07 Å². The number of hydrogen-bond acceptors (Lipinski definition) is 4. The minimum absolute atomic E-state index is 0.166. The minimum Gasteiger partial charge on any atom is -0.398 e. The fourth-order valence-corrected chi connectivity index (χ4v) is 2.35. The summed E-state index contributed by atoms with van der Waals surface area (Å²) in [6, 6.07) is 5.41. The van der Waals surface area contributed by atoms with Crippen LogP contribution >= 0.6 is 11.3 Å². The summed E-state index contributed by atoms with van der Waals surface area (Å²) in [6.45, 7) is 4.36. The van der Waals surface area contributed by atoms with Crippen molar-refractivity contribution in [2.24, 2.45) is 0 Å². The SMILES string of the molecule is Cc1ccc(C(=O)NCc2ncc(C)s2)c(N)c1. The number of anilines is 1. The molecule has 0 aliphatic heterocycles. The van der Waals surface area contributed by atoms with Crippen molar-refractivity contribution in [2.75, 3.05) is 5.73 Å². The van der Waals surface area contributed by atoms with Gasteiger partial charge in [0.1, 0.15) is 5.01 Å². The fourth-order valence-electron chi connectivity index (χ4n) is 1.62. The summed E-state index contributed by atoms with van der Waals surface area (Å²) in [7, 11) is 0. The van der Waals surface area contributed by atoms with E-state index < -0.39 is 0 Å². The number of benzene rings is 1. The Morgan fingerprint density at radius 3 is 2.83 bits per heavy atom. The van der Waals surface area contributed by atoms with Crippen molar-refractivity contribution in [1.29, 1.82) is 0 Å². The van der Waals surface area contributed by atoms with Crippen LogP contribution in [-0.4, -0.2) is 10.9 Å². The number of carbonyl (C=O) groups excluding carboxylic acids is 1. The first-order valence-corrected chi connectivity index (χ1v) is 6.43. The summed E-state index contributed by atoms with van der Waals surface area (Å²) < 4.78 is 0. The molecule has 0 unspecified atom stereocenters. The van der Waals surface area contributed by atoms with E-state index in [1.807, 2.05) is 19.9 Å². The highest BCUT2D eigenvalue weighted by Gasteiger charge is 2.09. The number of nitrogen functional groups attached to an aromatic ring is 1. The van der Waals surface area contributed by atoms with Crippen molar-refractivity contribution in [3.63, 3.8) is 0 Å². The summed E-state index contributed by atoms with van der Waals surface area (Å²) in [6.07, 6.45) is 1.80. The Balaban J connectivity index is 2.03. The predicted octanol–water partition coefficient (Wildman–Crippen LogP) is 2.27. The fraction of sp³-hybridized carbons (Fsp3) is 0.231. The Morgan fingerprint density at radius 1 is 1.44 bits per heavy atom. The predicted molar refractivity (Wildman–Crippen MR) is 73.6 cm³/mol. The third-order valence-electron chi connectivity index (χ3n) is 2.52. The highest BCUT2D eigenvalue weighted by molar-refractivity contribution is 7.11. The van der Waals surface area contributed by atoms with Crippen LogP contribution in [0.1, 0.15) is 25.8 Å². The van der Waals surface area contributed by atoms with Crippen LogP contribution in [-0.2, 0) is 6.54 Å². The van der Waals surface area contributed by atoms with Gasteiger partial charge >= 0.3 is 0 Å². The van der Waals surface area contributed by atoms with Gasteiger partial charge in [0.15, 0.2) is 0 Å². The lowest BCUT2D eigenvalue weighted by atomic mass is 10.1. The molecule has 0 fully saturated rings. The Morgan fingerprint density at radius 2 is 2.22 bits per heavy atom. The van der Waals surface area contributed by atoms with Crippen LogP contribution in [0.15, 0.2) is 24.4 Å². The maximum absolute atomic E-state index is 11.9. The zero-order valence-corrected chi connectivity index (χ0v) is 11.2. The Hall–Kier alpha value is -1.88. The van der Waals surface area contributed by atoms with Crippen molar-refractivity contribution in [3.8, 4) is 0 Å². The second-order valence-corrected chi connectivity index (χ2v) is 5.46. The van der Waals surface area contributed by atoms with Crippen molar-refractivity contribution in [3.05, 3.63) is 45.4 Å². The zero-order valence-electron chi connectivity index (χ0n) is 10.4. The van der Waals surface area contributed by atoms with Gasteiger partial charge in [-0.25, -0.2) is 4.98 Å². The summed E-state index contributed by atoms with van der Waals surface area (Å²) in [5.41, 5.74) is 7.87. The lowest BCUT2D eigenvalue weighted by Gasteiger charge is -2.06. The monoisotopic (exact) mass is 261 g/mol. The van der Waals surface area contributed by atoms with E-state index in [1.54, 1.807) is 29.7 Å². The van der Waals surface area contributed by atoms with Crippen LogP contribution in [0.2, 0.25) is 0 Å². The molecule has 5 heteroatoms. The average Bonchev–Trinajstić information content (AvgIpc) is 2.72. The summed E-state index contributed by atoms with van der Waals surface area (Å²) >= 11 is 1.57. The molecule has 0 spiro atoms. The molecular weight excluding hydrogens is 246 g/mol. The molecule has 0 saturated carbocycles. The second-order valence-electron chi connectivity index (χ2n) is 4.14. The number of amides is 1. The van der Waals surface area contributed by atoms with Crippen molar-refractivity contribution in [2.45, 2.75) is 20.4 Å². The van der Waals surface area contributed by atoms with Crippen LogP contribution in [0.5, 0.6) is 0 Å². The van der Waals surface area contributed by atoms with E-state index in [1.165, 1.54) is 0 Å². The summed E-state index contributed by atoms with van der Waals surface area (Å²) in [4.78, 5) is 17.3. The molecule has 0 saturated heterocycles. The van der Waals surface area contributed by atoms with E-state index in [4.69, 9.17) is 5.73 Å². The van der Waals surface area contributed by atoms with Crippen LogP contribution < -0.4 is 11.1 Å². The van der Waals surface area contributed by atoms with Gasteiger partial charge in [0.25, 0.3) is 5.91 Å². The van der Waals surface area contributed by atoms with Crippen LogP contribution in [0.3, 0.4) is 0 Å². The van der Waals surface area contributed by atoms with Crippen LogP contribution in [0.25, 0.3) is 0 Å². The topological polar surface area (TPSA) is 68.0 Å². The third-order valence-corrected chi connectivity index (χ3v) is 3.43. The quantitative estimate of drug-likeness (QED) is 0.833. The first-order chi connectivity index (χ1) is 8.56. The molecule has 94 valence electrons. The van der Waals surface area contributed by atoms with E-state index in [9.17, 15) is 4.79 Å². The van der Waals surface area contributed by atoms with E-state index in [0.717, 1.165) is 15.4 Å². The Bertz CT molecular complexity index is 577. The van der Waals surface area contributed by atoms with E-state index >= 15 is 0 Å². The molecule has 0 radical (unpaired) electrons. The molecule has 2 rings (SSSR count). The lowest BCUT2D eigenvalue weighted by Crippen LogP contribution is -2.23. The first kappa shape index (κ1) is 12.6. The van der Waals surface area contributed by atoms with Gasteiger partial charge in [-0.05, 0) is 31.5 Å². The smallest absolute Gasteiger partial charge is 0.253 e. The van der Waals surface area contributed by atoms with Gasteiger partial charge < -0.3 is 11.1 Å². The molecule has 1 heterocycles. The average molecular weight is 261 g/mol. The van der Waals surface area contributed by atoms with Crippen LogP contribution in [0, 0.1) is 13.8 Å². The number of hydrogen-bond donors (Lipinski definition) is 2. The highest BCUT2D eigenvalue weighted by Crippen LogP contribution is 2.14. The molecule has 0 aliphatic carbocycles. The number of carbonyl (C=O) groups is 1. The van der Waals surface area contributed by atoms with E-state index in [2.05, 4.69) is 10.3 Å². The van der Waals surface area contributed by atoms with Crippen molar-refractivity contribution < 1.29 is 4.79 Å². The van der Waals surface area contributed by atoms with Gasteiger partial charge in [0.2, 0.25) is 0 Å². The molecule has 0 atom stereocenters. The maximum Gasteiger partial charge on any atom is 0.253 e. The van der Waals surface area contributed by atoms with Gasteiger partial charge in [-0.2, -0.15) is 0 Å². The van der Waals surface area contributed by atoms with E-state index in [-0.39, 0.29) is 5.91 Å². The minimum atomic E-state index is -0.166. The summed E-state index contributed by atoms with van der Waals surface area (Å²) in [5, 5.41) is 3.71. The normalized spacial score (nSPS) is 10.3. The third kappa shape index (κ3) is 2.87. The number of aryl methyl sites for hydroxylation is 2. The van der Waals surface area contributed by atoms with Crippen molar-refractivity contribution >= 4 is 22.9 Å². The van der Waals surface area contributed by atoms with Crippen molar-refractivity contribution in [1.82, 2.24) is 10.3 Å². The molecular formula is C13H15N3OS. The molecule has 1 aromatic carbocycles. The number of rotatable bonds is 3. The number of aromatic nitrogens is 1. The molecule has 0 bridgehead atoms. The molecule has 1 amide bonds. The molecule has 0 aliphatic rings. The largest absolute Gasteiger partial charge is 0.398 e. The van der Waals surface area contributed by atoms with Gasteiger partial charge in [-0.3, -0.25) is 4.79 Å². The standard InChI is InChI=1S/C13H15N3OS/c1-8-3-4-10(11(14)5-8)13(17)16-7-12-15-6-9(2)18-12/h3-6H,7,14H2,1-2H3,(H,16,17). The molecule has 1 aromatic heterocycles. The molecule has 2 aromatic rings. The van der Waals surface area contributed by atoms with Gasteiger partial charge in [-0.15, -0.1) is 11.3 Å². The number of nitrogens with one attached hydrogen (secondary N) is 1.